The van der Waals surface area contributed by atoms with E-state index in [2.05, 4.69) is 126 Å². The number of hydrogen-bond acceptors (Lipinski definition) is 1. The van der Waals surface area contributed by atoms with Crippen molar-refractivity contribution in [2.45, 2.75) is 19.9 Å². The third-order valence-corrected chi connectivity index (χ3v) is 7.61. The Balaban J connectivity index is 1.82. The van der Waals surface area contributed by atoms with Gasteiger partial charge in [-0.3, -0.25) is 0 Å². The molecule has 0 unspecified atom stereocenters. The second-order valence-electron chi connectivity index (χ2n) is 9.92. The van der Waals surface area contributed by atoms with Crippen LogP contribution in [0.2, 0.25) is 0 Å². The first-order valence-electron chi connectivity index (χ1n) is 12.6. The molecule has 0 aliphatic carbocycles. The summed E-state index contributed by atoms with van der Waals surface area (Å²) in [6.07, 6.45) is 0. The van der Waals surface area contributed by atoms with Gasteiger partial charge in [-0.15, -0.1) is 0 Å². The van der Waals surface area contributed by atoms with Gasteiger partial charge in [0.05, 0.1) is 27.3 Å². The van der Waals surface area contributed by atoms with Gasteiger partial charge in [0.25, 0.3) is 0 Å². The van der Waals surface area contributed by atoms with E-state index >= 15 is 0 Å². The molecule has 0 N–H and O–H groups in total. The molecule has 0 aliphatic heterocycles. The Morgan fingerprint density at radius 2 is 1.14 bits per heavy atom. The van der Waals surface area contributed by atoms with Gasteiger partial charge < -0.3 is 13.6 Å². The maximum atomic E-state index is 6.74. The molecule has 8 aromatic rings. The van der Waals surface area contributed by atoms with Crippen molar-refractivity contribution >= 4 is 65.6 Å². The standard InChI is InChI=1S/C33H24N2O/c1-20(2)34-25-17-9-7-15-23(25)29-31(34)28-22-14-6-10-18-26(22)35(21-12-4-3-5-13-21)32(28)30-24-16-8-11-19-27(24)36-33(29)30/h3-20H,1-2H3. The van der Waals surface area contributed by atoms with Crippen molar-refractivity contribution in [2.75, 3.05) is 0 Å². The van der Waals surface area contributed by atoms with Gasteiger partial charge in [-0.05, 0) is 44.2 Å². The zero-order valence-corrected chi connectivity index (χ0v) is 20.2. The summed E-state index contributed by atoms with van der Waals surface area (Å²) in [5.74, 6) is 0. The summed E-state index contributed by atoms with van der Waals surface area (Å²) >= 11 is 0. The van der Waals surface area contributed by atoms with Crippen molar-refractivity contribution in [2.24, 2.45) is 0 Å². The smallest absolute Gasteiger partial charge is 0.147 e. The van der Waals surface area contributed by atoms with Crippen molar-refractivity contribution in [1.82, 2.24) is 9.13 Å². The van der Waals surface area contributed by atoms with Crippen LogP contribution in [0.25, 0.3) is 71.2 Å². The SMILES string of the molecule is CC(C)n1c2ccccc2c2c3oc4ccccc4c3c3c(c4ccccc4n3-c3ccccc3)c21. The molecule has 0 spiro atoms. The molecule has 0 saturated heterocycles. The van der Waals surface area contributed by atoms with Gasteiger partial charge in [-0.25, -0.2) is 0 Å². The van der Waals surface area contributed by atoms with E-state index in [0.717, 1.165) is 22.2 Å². The first kappa shape index (κ1) is 19.8. The van der Waals surface area contributed by atoms with Crippen LogP contribution in [-0.4, -0.2) is 9.13 Å². The highest BCUT2D eigenvalue weighted by atomic mass is 16.3. The molecule has 0 bridgehead atoms. The lowest BCUT2D eigenvalue weighted by atomic mass is 10.0. The van der Waals surface area contributed by atoms with Crippen molar-refractivity contribution in [3.05, 3.63) is 103 Å². The van der Waals surface area contributed by atoms with Gasteiger partial charge in [-0.1, -0.05) is 72.8 Å². The molecule has 0 aliphatic rings. The van der Waals surface area contributed by atoms with Gasteiger partial charge in [0, 0.05) is 38.8 Å². The summed E-state index contributed by atoms with van der Waals surface area (Å²) in [6, 6.07) is 37.0. The molecule has 3 heterocycles. The fourth-order valence-corrected chi connectivity index (χ4v) is 6.29. The Labute approximate surface area is 207 Å². The summed E-state index contributed by atoms with van der Waals surface area (Å²) in [5, 5.41) is 7.32. The molecule has 0 fully saturated rings. The molecule has 0 atom stereocenters. The molecule has 36 heavy (non-hydrogen) atoms. The number of fused-ring (bicyclic) bond motifs is 12. The Hall–Kier alpha value is -4.50. The van der Waals surface area contributed by atoms with Crippen LogP contribution in [0.3, 0.4) is 0 Å². The zero-order chi connectivity index (χ0) is 24.0. The largest absolute Gasteiger partial charge is 0.455 e. The first-order chi connectivity index (χ1) is 17.7. The first-order valence-corrected chi connectivity index (χ1v) is 12.6. The molecule has 0 radical (unpaired) electrons. The lowest BCUT2D eigenvalue weighted by Gasteiger charge is -2.13. The van der Waals surface area contributed by atoms with E-state index in [1.807, 2.05) is 0 Å². The molecular weight excluding hydrogens is 440 g/mol. The molecular formula is C33H24N2O. The van der Waals surface area contributed by atoms with E-state index in [-0.39, 0.29) is 6.04 Å². The molecule has 5 aromatic carbocycles. The molecule has 3 heteroatoms. The molecule has 8 rings (SSSR count). The Bertz CT molecular complexity index is 2120. The van der Waals surface area contributed by atoms with E-state index in [0.29, 0.717) is 0 Å². The highest BCUT2D eigenvalue weighted by Gasteiger charge is 2.27. The lowest BCUT2D eigenvalue weighted by Crippen LogP contribution is -2.00. The number of benzene rings is 5. The van der Waals surface area contributed by atoms with Crippen LogP contribution >= 0.6 is 0 Å². The van der Waals surface area contributed by atoms with Gasteiger partial charge in [-0.2, -0.15) is 0 Å². The third-order valence-electron chi connectivity index (χ3n) is 7.61. The fraction of sp³-hybridized carbons (Fsp3) is 0.0909. The minimum atomic E-state index is 0.288. The predicted octanol–water partition coefficient (Wildman–Crippen LogP) is 9.37. The third kappa shape index (κ3) is 2.37. The fourth-order valence-electron chi connectivity index (χ4n) is 6.29. The highest BCUT2D eigenvalue weighted by molar-refractivity contribution is 6.38. The van der Waals surface area contributed by atoms with E-state index < -0.39 is 0 Å². The predicted molar refractivity (Wildman–Crippen MR) is 151 cm³/mol. The normalized spacial score (nSPS) is 12.4. The van der Waals surface area contributed by atoms with Crippen LogP contribution < -0.4 is 0 Å². The summed E-state index contributed by atoms with van der Waals surface area (Å²) in [7, 11) is 0. The summed E-state index contributed by atoms with van der Waals surface area (Å²) in [4.78, 5) is 0. The summed E-state index contributed by atoms with van der Waals surface area (Å²) < 4.78 is 11.7. The topological polar surface area (TPSA) is 23.0 Å². The second-order valence-corrected chi connectivity index (χ2v) is 9.92. The number of para-hydroxylation sites is 4. The van der Waals surface area contributed by atoms with Crippen LogP contribution in [0.15, 0.2) is 108 Å². The van der Waals surface area contributed by atoms with Crippen LogP contribution in [0, 0.1) is 0 Å². The Kier molecular flexibility index (Phi) is 3.85. The van der Waals surface area contributed by atoms with E-state index in [1.165, 1.54) is 49.0 Å². The molecule has 0 saturated carbocycles. The zero-order valence-electron chi connectivity index (χ0n) is 20.2. The van der Waals surface area contributed by atoms with Crippen LogP contribution in [0.5, 0.6) is 0 Å². The monoisotopic (exact) mass is 464 g/mol. The molecule has 3 aromatic heterocycles. The number of furan rings is 1. The summed E-state index contributed by atoms with van der Waals surface area (Å²) in [5.41, 5.74) is 7.95. The maximum Gasteiger partial charge on any atom is 0.147 e. The Morgan fingerprint density at radius 3 is 1.89 bits per heavy atom. The van der Waals surface area contributed by atoms with E-state index in [1.54, 1.807) is 0 Å². The number of nitrogens with zero attached hydrogens (tertiary/aromatic N) is 2. The highest BCUT2D eigenvalue weighted by Crippen LogP contribution is 2.49. The van der Waals surface area contributed by atoms with Crippen LogP contribution in [0.4, 0.5) is 0 Å². The number of aromatic nitrogens is 2. The Morgan fingerprint density at radius 1 is 0.556 bits per heavy atom. The van der Waals surface area contributed by atoms with Gasteiger partial charge in [0.15, 0.2) is 0 Å². The average Bonchev–Trinajstić information content (AvgIpc) is 3.56. The van der Waals surface area contributed by atoms with Crippen molar-refractivity contribution in [3.8, 4) is 5.69 Å². The number of hydrogen-bond donors (Lipinski definition) is 0. The summed E-state index contributed by atoms with van der Waals surface area (Å²) in [6.45, 7) is 4.55. The molecule has 0 amide bonds. The van der Waals surface area contributed by atoms with Crippen LogP contribution in [0.1, 0.15) is 19.9 Å². The maximum absolute atomic E-state index is 6.74. The van der Waals surface area contributed by atoms with Gasteiger partial charge in [0.1, 0.15) is 11.2 Å². The van der Waals surface area contributed by atoms with Crippen molar-refractivity contribution in [1.29, 1.82) is 0 Å². The van der Waals surface area contributed by atoms with E-state index in [4.69, 9.17) is 4.42 Å². The van der Waals surface area contributed by atoms with Crippen molar-refractivity contribution < 1.29 is 4.42 Å². The minimum absolute atomic E-state index is 0.288. The minimum Gasteiger partial charge on any atom is -0.455 e. The van der Waals surface area contributed by atoms with E-state index in [9.17, 15) is 0 Å². The molecule has 3 nitrogen and oxygen atoms in total. The lowest BCUT2D eigenvalue weighted by molar-refractivity contribution is 0.643. The van der Waals surface area contributed by atoms with Crippen LogP contribution in [-0.2, 0) is 0 Å². The second kappa shape index (κ2) is 7.02. The number of rotatable bonds is 2. The van der Waals surface area contributed by atoms with Gasteiger partial charge >= 0.3 is 0 Å². The molecule has 172 valence electrons. The van der Waals surface area contributed by atoms with Crippen molar-refractivity contribution in [3.63, 3.8) is 0 Å². The van der Waals surface area contributed by atoms with Gasteiger partial charge in [0.2, 0.25) is 0 Å². The quantitative estimate of drug-likeness (QED) is 0.250. The average molecular weight is 465 g/mol.